The molecular weight excluding hydrogens is 383 g/mol. The van der Waals surface area contributed by atoms with Crippen LogP contribution in [0.1, 0.15) is 59.6 Å². The number of aliphatic hydroxyl groups excluding tert-OH is 1. The molecule has 0 saturated carbocycles. The zero-order chi connectivity index (χ0) is 20.3. The van der Waals surface area contributed by atoms with E-state index >= 15 is 0 Å². The zero-order valence-electron chi connectivity index (χ0n) is 15.6. The molecule has 0 saturated heterocycles. The molecule has 9 heteroatoms. The largest absolute Gasteiger partial charge is 0.460 e. The molecule has 2 N–H and O–H groups in total. The van der Waals surface area contributed by atoms with E-state index in [1.165, 1.54) is 6.07 Å². The van der Waals surface area contributed by atoms with Crippen molar-refractivity contribution in [2.75, 3.05) is 5.32 Å². The first-order valence-electron chi connectivity index (χ1n) is 7.94. The summed E-state index contributed by atoms with van der Waals surface area (Å²) in [5, 5.41) is 12.8. The smallest absolute Gasteiger partial charge is 0.412 e. The van der Waals surface area contributed by atoms with E-state index in [0.717, 1.165) is 0 Å². The monoisotopic (exact) mass is 406 g/mol. The molecule has 0 aliphatic heterocycles. The van der Waals surface area contributed by atoms with Crippen LogP contribution in [0, 0.1) is 0 Å². The van der Waals surface area contributed by atoms with E-state index in [2.05, 4.69) is 10.3 Å². The normalized spacial score (nSPS) is 13.1. The number of hydrogen-bond donors (Lipinski definition) is 2. The molecule has 1 atom stereocenters. The summed E-state index contributed by atoms with van der Waals surface area (Å²) in [7, 11) is 0. The van der Waals surface area contributed by atoms with Crippen molar-refractivity contribution in [3.05, 3.63) is 21.9 Å². The van der Waals surface area contributed by atoms with Gasteiger partial charge in [0, 0.05) is 5.56 Å². The van der Waals surface area contributed by atoms with Crippen molar-refractivity contribution in [2.24, 2.45) is 0 Å². The molecule has 1 aromatic rings. The fourth-order valence-electron chi connectivity index (χ4n) is 1.97. The average Bonchev–Trinajstić information content (AvgIpc) is 2.31. The van der Waals surface area contributed by atoms with Gasteiger partial charge >= 0.3 is 12.1 Å². The Balaban J connectivity index is 3.06. The Morgan fingerprint density at radius 2 is 1.69 bits per heavy atom. The lowest BCUT2D eigenvalue weighted by Crippen LogP contribution is -2.28. The number of pyridine rings is 1. The molecule has 0 aromatic carbocycles. The van der Waals surface area contributed by atoms with Crippen molar-refractivity contribution in [1.82, 2.24) is 4.98 Å². The van der Waals surface area contributed by atoms with Crippen LogP contribution in [0.2, 0.25) is 10.3 Å². The minimum Gasteiger partial charge on any atom is -0.460 e. The lowest BCUT2D eigenvalue weighted by molar-refractivity contribution is -0.157. The van der Waals surface area contributed by atoms with E-state index in [1.54, 1.807) is 41.5 Å². The maximum atomic E-state index is 12.0. The summed E-state index contributed by atoms with van der Waals surface area (Å²) in [6.45, 7) is 10.3. The Morgan fingerprint density at radius 3 is 2.19 bits per heavy atom. The first kappa shape index (κ1) is 22.5. The summed E-state index contributed by atoms with van der Waals surface area (Å²) < 4.78 is 10.4. The molecular formula is C17H24Cl2N2O5. The van der Waals surface area contributed by atoms with Gasteiger partial charge in [0.05, 0.1) is 18.2 Å². The second kappa shape index (κ2) is 8.41. The molecule has 1 rings (SSSR count). The van der Waals surface area contributed by atoms with Crippen LogP contribution in [-0.4, -0.2) is 33.4 Å². The Morgan fingerprint density at radius 1 is 1.15 bits per heavy atom. The van der Waals surface area contributed by atoms with Gasteiger partial charge < -0.3 is 14.6 Å². The summed E-state index contributed by atoms with van der Waals surface area (Å²) in [6, 6.07) is 1.31. The van der Waals surface area contributed by atoms with Gasteiger partial charge in [0.15, 0.2) is 0 Å². The third kappa shape index (κ3) is 7.76. The number of nitrogens with zero attached hydrogens (tertiary/aromatic N) is 1. The second-order valence-corrected chi connectivity index (χ2v) is 8.38. The van der Waals surface area contributed by atoms with Crippen LogP contribution >= 0.6 is 23.2 Å². The van der Waals surface area contributed by atoms with E-state index in [4.69, 9.17) is 32.7 Å². The van der Waals surface area contributed by atoms with Gasteiger partial charge in [-0.05, 0) is 47.6 Å². The summed E-state index contributed by atoms with van der Waals surface area (Å²) >= 11 is 11.9. The van der Waals surface area contributed by atoms with Gasteiger partial charge in [0.2, 0.25) is 0 Å². The quantitative estimate of drug-likeness (QED) is 0.563. The number of amides is 1. The van der Waals surface area contributed by atoms with Crippen molar-refractivity contribution in [3.8, 4) is 0 Å². The average molecular weight is 407 g/mol. The third-order valence-corrected chi connectivity index (χ3v) is 3.21. The Bertz CT molecular complexity index is 681. The maximum absolute atomic E-state index is 12.0. The summed E-state index contributed by atoms with van der Waals surface area (Å²) in [5.41, 5.74) is -1.27. The van der Waals surface area contributed by atoms with Crippen LogP contribution in [0.5, 0.6) is 0 Å². The van der Waals surface area contributed by atoms with Crippen LogP contribution in [0.4, 0.5) is 10.5 Å². The number of esters is 1. The van der Waals surface area contributed by atoms with Crippen molar-refractivity contribution in [1.29, 1.82) is 0 Å². The first-order valence-corrected chi connectivity index (χ1v) is 8.69. The molecule has 1 heterocycles. The number of carbonyl (C=O) groups is 2. The first-order chi connectivity index (χ1) is 11.7. The topological polar surface area (TPSA) is 97.8 Å². The second-order valence-electron chi connectivity index (χ2n) is 7.63. The molecule has 1 amide bonds. The van der Waals surface area contributed by atoms with Crippen LogP contribution in [0.25, 0.3) is 0 Å². The fraction of sp³-hybridized carbons (Fsp3) is 0.588. The number of aliphatic hydroxyl groups is 1. The van der Waals surface area contributed by atoms with E-state index in [-0.39, 0.29) is 28.0 Å². The standard InChI is InChI=1S/C17H24Cl2N2O5/c1-16(2,3)25-12(23)8-10(22)13-9(7-11(18)21-14(13)19)20-15(24)26-17(4,5)6/h7,10,22H,8H2,1-6H3,(H,20,21,24). The Hall–Kier alpha value is -1.57. The Labute approximate surface area is 163 Å². The maximum Gasteiger partial charge on any atom is 0.412 e. The van der Waals surface area contributed by atoms with Crippen molar-refractivity contribution in [2.45, 2.75) is 65.3 Å². The van der Waals surface area contributed by atoms with E-state index in [1.807, 2.05) is 0 Å². The van der Waals surface area contributed by atoms with Gasteiger partial charge in [-0.1, -0.05) is 23.2 Å². The highest BCUT2D eigenvalue weighted by Gasteiger charge is 2.26. The molecule has 0 aliphatic rings. The highest BCUT2D eigenvalue weighted by molar-refractivity contribution is 6.33. The molecule has 0 aliphatic carbocycles. The van der Waals surface area contributed by atoms with Crippen LogP contribution in [0.15, 0.2) is 6.07 Å². The lowest BCUT2D eigenvalue weighted by atomic mass is 10.1. The lowest BCUT2D eigenvalue weighted by Gasteiger charge is -2.23. The van der Waals surface area contributed by atoms with Gasteiger partial charge in [-0.15, -0.1) is 0 Å². The predicted molar refractivity (Wildman–Crippen MR) is 99.5 cm³/mol. The molecule has 146 valence electrons. The molecule has 0 bridgehead atoms. The number of ether oxygens (including phenoxy) is 2. The molecule has 0 radical (unpaired) electrons. The zero-order valence-corrected chi connectivity index (χ0v) is 17.2. The van der Waals surface area contributed by atoms with E-state index < -0.39 is 29.4 Å². The molecule has 1 aromatic heterocycles. The number of carbonyl (C=O) groups excluding carboxylic acids is 2. The van der Waals surface area contributed by atoms with Crippen LogP contribution < -0.4 is 5.32 Å². The van der Waals surface area contributed by atoms with Crippen molar-refractivity contribution >= 4 is 41.0 Å². The highest BCUT2D eigenvalue weighted by Crippen LogP contribution is 2.34. The number of hydrogen-bond acceptors (Lipinski definition) is 6. The number of rotatable bonds is 4. The minimum absolute atomic E-state index is 0.00859. The molecule has 7 nitrogen and oxygen atoms in total. The molecule has 0 fully saturated rings. The highest BCUT2D eigenvalue weighted by atomic mass is 35.5. The van der Waals surface area contributed by atoms with Crippen LogP contribution in [-0.2, 0) is 14.3 Å². The SMILES string of the molecule is CC(C)(C)OC(=O)CC(O)c1c(NC(=O)OC(C)(C)C)cc(Cl)nc1Cl. The molecule has 1 unspecified atom stereocenters. The minimum atomic E-state index is -1.35. The molecule has 0 spiro atoms. The third-order valence-electron chi connectivity index (χ3n) is 2.73. The van der Waals surface area contributed by atoms with E-state index in [0.29, 0.717) is 0 Å². The summed E-state index contributed by atoms with van der Waals surface area (Å²) in [6.07, 6.45) is -2.49. The van der Waals surface area contributed by atoms with Crippen molar-refractivity contribution < 1.29 is 24.2 Å². The molecule has 26 heavy (non-hydrogen) atoms. The summed E-state index contributed by atoms with van der Waals surface area (Å²) in [4.78, 5) is 27.8. The number of halogens is 2. The predicted octanol–water partition coefficient (Wildman–Crippen LogP) is 4.50. The van der Waals surface area contributed by atoms with Crippen LogP contribution in [0.3, 0.4) is 0 Å². The van der Waals surface area contributed by atoms with Gasteiger partial charge in [-0.25, -0.2) is 9.78 Å². The summed E-state index contributed by atoms with van der Waals surface area (Å²) in [5.74, 6) is -0.626. The van der Waals surface area contributed by atoms with Crippen molar-refractivity contribution in [3.63, 3.8) is 0 Å². The van der Waals surface area contributed by atoms with E-state index in [9.17, 15) is 14.7 Å². The number of aromatic nitrogens is 1. The van der Waals surface area contributed by atoms with Gasteiger partial charge in [0.25, 0.3) is 0 Å². The fourth-order valence-corrected chi connectivity index (χ4v) is 2.53. The van der Waals surface area contributed by atoms with Gasteiger partial charge in [0.1, 0.15) is 21.5 Å². The van der Waals surface area contributed by atoms with Gasteiger partial charge in [-0.2, -0.15) is 0 Å². The number of nitrogens with one attached hydrogen (secondary N) is 1. The Kier molecular flexibility index (Phi) is 7.27. The van der Waals surface area contributed by atoms with Gasteiger partial charge in [-0.3, -0.25) is 10.1 Å². The number of anilines is 1.